The fourth-order valence-corrected chi connectivity index (χ4v) is 2.21. The molecule has 0 spiro atoms. The molecule has 5 nitrogen and oxygen atoms in total. The minimum absolute atomic E-state index is 0.208. The minimum atomic E-state index is -0.407. The maximum absolute atomic E-state index is 13.6. The third-order valence-corrected chi connectivity index (χ3v) is 3.65. The lowest BCUT2D eigenvalue weighted by molar-refractivity contribution is 0.0950. The van der Waals surface area contributed by atoms with Gasteiger partial charge in [-0.1, -0.05) is 35.9 Å². The van der Waals surface area contributed by atoms with E-state index < -0.39 is 5.82 Å². The van der Waals surface area contributed by atoms with Crippen LogP contribution in [0.5, 0.6) is 0 Å². The molecule has 0 aliphatic carbocycles. The predicted octanol–water partition coefficient (Wildman–Crippen LogP) is 3.94. The zero-order valence-electron chi connectivity index (χ0n) is 13.0. The monoisotopic (exact) mass is 356 g/mol. The fraction of sp³-hybridized carbons (Fsp3) is 0.0556. The molecule has 0 unspecified atom stereocenters. The lowest BCUT2D eigenvalue weighted by atomic mass is 10.2. The van der Waals surface area contributed by atoms with Crippen molar-refractivity contribution in [2.75, 3.05) is 5.32 Å². The minimum Gasteiger partial charge on any atom is -0.348 e. The van der Waals surface area contributed by atoms with E-state index in [9.17, 15) is 9.18 Å². The van der Waals surface area contributed by atoms with E-state index >= 15 is 0 Å². The van der Waals surface area contributed by atoms with Crippen molar-refractivity contribution < 1.29 is 9.18 Å². The van der Waals surface area contributed by atoms with E-state index in [-0.39, 0.29) is 17.5 Å². The summed E-state index contributed by atoms with van der Waals surface area (Å²) in [6.07, 6.45) is 2.76. The highest BCUT2D eigenvalue weighted by Gasteiger charge is 2.08. The van der Waals surface area contributed by atoms with Crippen LogP contribution in [0.2, 0.25) is 5.02 Å². The first-order valence-electron chi connectivity index (χ1n) is 7.48. The van der Waals surface area contributed by atoms with E-state index in [1.807, 2.05) is 12.1 Å². The van der Waals surface area contributed by atoms with Crippen molar-refractivity contribution in [3.63, 3.8) is 0 Å². The summed E-state index contributed by atoms with van der Waals surface area (Å²) < 4.78 is 13.6. The third kappa shape index (κ3) is 4.51. The molecule has 3 rings (SSSR count). The average Bonchev–Trinajstić information content (AvgIpc) is 2.63. The van der Waals surface area contributed by atoms with Crippen molar-refractivity contribution in [1.29, 1.82) is 0 Å². The SMILES string of the molecule is O=C(NCc1ccc(Cl)cc1)c1cnc(Nc2ccccc2F)nc1. The Balaban J connectivity index is 1.60. The average molecular weight is 357 g/mol. The molecule has 0 aliphatic heterocycles. The standard InChI is InChI=1S/C18H14ClFN4O/c19-14-7-5-12(6-8-14)9-21-17(25)13-10-22-18(23-11-13)24-16-4-2-1-3-15(16)20/h1-8,10-11H,9H2,(H,21,25)(H,22,23,24). The molecule has 2 N–H and O–H groups in total. The fourth-order valence-electron chi connectivity index (χ4n) is 2.08. The molecule has 0 atom stereocenters. The van der Waals surface area contributed by atoms with Crippen LogP contribution in [0.15, 0.2) is 60.9 Å². The van der Waals surface area contributed by atoms with Gasteiger partial charge in [0.05, 0.1) is 11.3 Å². The third-order valence-electron chi connectivity index (χ3n) is 3.40. The van der Waals surface area contributed by atoms with Gasteiger partial charge in [-0.3, -0.25) is 4.79 Å². The Bertz CT molecular complexity index is 869. The Morgan fingerprint density at radius 3 is 2.40 bits per heavy atom. The van der Waals surface area contributed by atoms with E-state index in [0.717, 1.165) is 5.56 Å². The lowest BCUT2D eigenvalue weighted by Crippen LogP contribution is -2.23. The van der Waals surface area contributed by atoms with Crippen molar-refractivity contribution >= 4 is 29.1 Å². The van der Waals surface area contributed by atoms with E-state index in [2.05, 4.69) is 20.6 Å². The maximum atomic E-state index is 13.6. The van der Waals surface area contributed by atoms with Crippen LogP contribution in [0, 0.1) is 5.82 Å². The Morgan fingerprint density at radius 2 is 1.72 bits per heavy atom. The Morgan fingerprint density at radius 1 is 1.04 bits per heavy atom. The van der Waals surface area contributed by atoms with Gasteiger partial charge in [0.2, 0.25) is 5.95 Å². The number of anilines is 2. The van der Waals surface area contributed by atoms with Crippen LogP contribution in [0.4, 0.5) is 16.0 Å². The Hall–Kier alpha value is -2.99. The number of halogens is 2. The molecule has 3 aromatic rings. The van der Waals surface area contributed by atoms with Gasteiger partial charge in [-0.05, 0) is 29.8 Å². The van der Waals surface area contributed by atoms with E-state index in [0.29, 0.717) is 17.1 Å². The van der Waals surface area contributed by atoms with E-state index in [1.165, 1.54) is 18.5 Å². The summed E-state index contributed by atoms with van der Waals surface area (Å²) >= 11 is 5.82. The number of carbonyl (C=O) groups is 1. The molecule has 0 aliphatic rings. The molecule has 25 heavy (non-hydrogen) atoms. The van der Waals surface area contributed by atoms with Crippen LogP contribution < -0.4 is 10.6 Å². The molecular formula is C18H14ClFN4O. The summed E-state index contributed by atoms with van der Waals surface area (Å²) in [6.45, 7) is 0.366. The zero-order chi connectivity index (χ0) is 17.6. The largest absolute Gasteiger partial charge is 0.348 e. The Labute approximate surface area is 148 Å². The van der Waals surface area contributed by atoms with Gasteiger partial charge < -0.3 is 10.6 Å². The van der Waals surface area contributed by atoms with Crippen LogP contribution in [0.25, 0.3) is 0 Å². The van der Waals surface area contributed by atoms with Crippen LogP contribution in [-0.2, 0) is 6.54 Å². The second kappa shape index (κ2) is 7.72. The lowest BCUT2D eigenvalue weighted by Gasteiger charge is -2.07. The first-order chi connectivity index (χ1) is 12.1. The van der Waals surface area contributed by atoms with Gasteiger partial charge in [0.1, 0.15) is 5.82 Å². The van der Waals surface area contributed by atoms with Crippen LogP contribution in [0.1, 0.15) is 15.9 Å². The van der Waals surface area contributed by atoms with E-state index in [4.69, 9.17) is 11.6 Å². The highest BCUT2D eigenvalue weighted by molar-refractivity contribution is 6.30. The number of carbonyl (C=O) groups excluding carboxylic acids is 1. The van der Waals surface area contributed by atoms with Crippen molar-refractivity contribution in [2.24, 2.45) is 0 Å². The highest BCUT2D eigenvalue weighted by atomic mass is 35.5. The smallest absolute Gasteiger partial charge is 0.254 e. The van der Waals surface area contributed by atoms with Gasteiger partial charge in [-0.15, -0.1) is 0 Å². The molecule has 1 heterocycles. The molecule has 2 aromatic carbocycles. The number of nitrogens with zero attached hydrogens (tertiary/aromatic N) is 2. The van der Waals surface area contributed by atoms with Crippen molar-refractivity contribution in [2.45, 2.75) is 6.54 Å². The number of benzene rings is 2. The van der Waals surface area contributed by atoms with Crippen molar-refractivity contribution in [1.82, 2.24) is 15.3 Å². The van der Waals surface area contributed by atoms with Crippen molar-refractivity contribution in [3.05, 3.63) is 82.9 Å². The summed E-state index contributed by atoms with van der Waals surface area (Å²) in [5.74, 6) is -0.498. The van der Waals surface area contributed by atoms with Crippen molar-refractivity contribution in [3.8, 4) is 0 Å². The van der Waals surface area contributed by atoms with E-state index in [1.54, 1.807) is 30.3 Å². The van der Waals surface area contributed by atoms with Gasteiger partial charge in [-0.25, -0.2) is 14.4 Å². The molecule has 0 saturated heterocycles. The summed E-state index contributed by atoms with van der Waals surface area (Å²) in [5, 5.41) is 6.17. The van der Waals surface area contributed by atoms with Crippen LogP contribution in [0.3, 0.4) is 0 Å². The molecule has 0 fully saturated rings. The molecular weight excluding hydrogens is 343 g/mol. The molecule has 1 amide bonds. The predicted molar refractivity (Wildman–Crippen MR) is 94.3 cm³/mol. The number of amides is 1. The summed E-state index contributed by atoms with van der Waals surface area (Å²) in [6, 6.07) is 13.4. The maximum Gasteiger partial charge on any atom is 0.254 e. The number of aromatic nitrogens is 2. The first kappa shape index (κ1) is 16.9. The Kier molecular flexibility index (Phi) is 5.20. The second-order valence-electron chi connectivity index (χ2n) is 5.21. The summed E-state index contributed by atoms with van der Waals surface area (Å²) in [7, 11) is 0. The molecule has 0 saturated carbocycles. The number of hydrogen-bond donors (Lipinski definition) is 2. The number of hydrogen-bond acceptors (Lipinski definition) is 4. The summed E-state index contributed by atoms with van der Waals surface area (Å²) in [5.41, 5.74) is 1.51. The second-order valence-corrected chi connectivity index (χ2v) is 5.65. The van der Waals surface area contributed by atoms with Gasteiger partial charge in [0, 0.05) is 24.0 Å². The normalized spacial score (nSPS) is 10.3. The quantitative estimate of drug-likeness (QED) is 0.726. The topological polar surface area (TPSA) is 66.9 Å². The van der Waals surface area contributed by atoms with Crippen LogP contribution in [-0.4, -0.2) is 15.9 Å². The zero-order valence-corrected chi connectivity index (χ0v) is 13.8. The molecule has 7 heteroatoms. The highest BCUT2D eigenvalue weighted by Crippen LogP contribution is 2.16. The first-order valence-corrected chi connectivity index (χ1v) is 7.86. The van der Waals surface area contributed by atoms with Crippen LogP contribution >= 0.6 is 11.6 Å². The van der Waals surface area contributed by atoms with Gasteiger partial charge in [0.25, 0.3) is 5.91 Å². The number of rotatable bonds is 5. The number of para-hydroxylation sites is 1. The molecule has 0 radical (unpaired) electrons. The van der Waals surface area contributed by atoms with Gasteiger partial charge in [-0.2, -0.15) is 0 Å². The molecule has 126 valence electrons. The van der Waals surface area contributed by atoms with Gasteiger partial charge >= 0.3 is 0 Å². The van der Waals surface area contributed by atoms with Gasteiger partial charge in [0.15, 0.2) is 0 Å². The molecule has 1 aromatic heterocycles. The number of nitrogens with one attached hydrogen (secondary N) is 2. The summed E-state index contributed by atoms with van der Waals surface area (Å²) in [4.78, 5) is 20.2. The molecule has 0 bridgehead atoms.